The van der Waals surface area contributed by atoms with E-state index in [1.807, 2.05) is 39.0 Å². The third kappa shape index (κ3) is 4.80. The van der Waals surface area contributed by atoms with Crippen molar-refractivity contribution in [3.05, 3.63) is 47.3 Å². The van der Waals surface area contributed by atoms with Crippen molar-refractivity contribution in [3.63, 3.8) is 0 Å². The summed E-state index contributed by atoms with van der Waals surface area (Å²) in [5.41, 5.74) is 2.80. The van der Waals surface area contributed by atoms with Crippen LogP contribution in [0.2, 0.25) is 0 Å². The lowest BCUT2D eigenvalue weighted by atomic mass is 9.94. The number of nitrogens with one attached hydrogen (secondary N) is 1. The molecule has 0 unspecified atom stereocenters. The van der Waals surface area contributed by atoms with Gasteiger partial charge in [0.05, 0.1) is 4.90 Å². The minimum absolute atomic E-state index is 0.0244. The molecule has 1 fully saturated rings. The van der Waals surface area contributed by atoms with Crippen LogP contribution in [0.1, 0.15) is 42.6 Å². The Kier molecular flexibility index (Phi) is 5.58. The van der Waals surface area contributed by atoms with Gasteiger partial charge in [-0.25, -0.2) is 23.1 Å². The zero-order chi connectivity index (χ0) is 18.7. The third-order valence-corrected chi connectivity index (χ3v) is 6.10. The summed E-state index contributed by atoms with van der Waals surface area (Å²) in [5, 5.41) is 0. The van der Waals surface area contributed by atoms with Crippen molar-refractivity contribution in [2.45, 2.75) is 63.5 Å². The molecule has 1 aromatic carbocycles. The lowest BCUT2D eigenvalue weighted by molar-refractivity contribution is 0.131. The van der Waals surface area contributed by atoms with Crippen molar-refractivity contribution in [3.8, 4) is 6.01 Å². The molecule has 0 atom stereocenters. The molecule has 2 aromatic rings. The van der Waals surface area contributed by atoms with Crippen molar-refractivity contribution in [2.75, 3.05) is 0 Å². The highest BCUT2D eigenvalue weighted by Gasteiger charge is 2.27. The van der Waals surface area contributed by atoms with Crippen LogP contribution >= 0.6 is 0 Å². The molecule has 1 aromatic heterocycles. The fourth-order valence-corrected chi connectivity index (χ4v) is 4.50. The van der Waals surface area contributed by atoms with Crippen LogP contribution in [-0.2, 0) is 10.0 Å². The largest absolute Gasteiger partial charge is 0.460 e. The van der Waals surface area contributed by atoms with E-state index < -0.39 is 10.0 Å². The zero-order valence-electron chi connectivity index (χ0n) is 15.4. The second-order valence-corrected chi connectivity index (χ2v) is 8.67. The summed E-state index contributed by atoms with van der Waals surface area (Å²) in [6, 6.07) is 9.15. The summed E-state index contributed by atoms with van der Waals surface area (Å²) in [5.74, 6) is 0. The van der Waals surface area contributed by atoms with E-state index in [0.29, 0.717) is 10.9 Å². The van der Waals surface area contributed by atoms with Crippen molar-refractivity contribution >= 4 is 10.0 Å². The van der Waals surface area contributed by atoms with Gasteiger partial charge in [0.25, 0.3) is 0 Å². The molecule has 1 heterocycles. The van der Waals surface area contributed by atoms with Gasteiger partial charge in [-0.3, -0.25) is 0 Å². The molecule has 0 spiro atoms. The second-order valence-electron chi connectivity index (χ2n) is 6.96. The van der Waals surface area contributed by atoms with Crippen LogP contribution in [0.4, 0.5) is 0 Å². The monoisotopic (exact) mass is 375 g/mol. The van der Waals surface area contributed by atoms with Crippen LogP contribution < -0.4 is 9.46 Å². The first-order chi connectivity index (χ1) is 12.3. The summed E-state index contributed by atoms with van der Waals surface area (Å²) in [6.07, 6.45) is 3.05. The van der Waals surface area contributed by atoms with E-state index in [0.717, 1.165) is 42.6 Å². The molecule has 0 amide bonds. The molecule has 1 saturated carbocycles. The lowest BCUT2D eigenvalue weighted by Gasteiger charge is -2.28. The number of hydrogen-bond donors (Lipinski definition) is 1. The van der Waals surface area contributed by atoms with Gasteiger partial charge >= 0.3 is 6.01 Å². The standard InChI is InChI=1S/C19H25N3O3S/c1-13-4-10-18(11-5-13)26(23,24)22-16-6-8-17(9-7-16)25-19-20-14(2)12-15(3)21-19/h4-5,10-12,16-17,22H,6-9H2,1-3H3. The SMILES string of the molecule is Cc1ccc(S(=O)(=O)NC2CCC(Oc3nc(C)cc(C)n3)CC2)cc1. The molecule has 0 radical (unpaired) electrons. The molecule has 1 aliphatic carbocycles. The van der Waals surface area contributed by atoms with Crippen LogP contribution in [0.25, 0.3) is 0 Å². The van der Waals surface area contributed by atoms with Gasteiger partial charge in [0.1, 0.15) is 6.10 Å². The highest BCUT2D eigenvalue weighted by molar-refractivity contribution is 7.89. The van der Waals surface area contributed by atoms with Crippen molar-refractivity contribution in [2.24, 2.45) is 0 Å². The Hall–Kier alpha value is -1.99. The van der Waals surface area contributed by atoms with E-state index in [-0.39, 0.29) is 12.1 Å². The Labute approximate surface area is 155 Å². The number of aromatic nitrogens is 2. The molecule has 7 heteroatoms. The van der Waals surface area contributed by atoms with E-state index in [2.05, 4.69) is 14.7 Å². The summed E-state index contributed by atoms with van der Waals surface area (Å²) in [7, 11) is -3.48. The maximum Gasteiger partial charge on any atom is 0.317 e. The van der Waals surface area contributed by atoms with Gasteiger partial charge in [-0.2, -0.15) is 0 Å². The lowest BCUT2D eigenvalue weighted by Crippen LogP contribution is -2.39. The van der Waals surface area contributed by atoms with E-state index in [1.165, 1.54) is 0 Å². The van der Waals surface area contributed by atoms with Gasteiger partial charge < -0.3 is 4.74 Å². The van der Waals surface area contributed by atoms with Crippen molar-refractivity contribution < 1.29 is 13.2 Å². The van der Waals surface area contributed by atoms with Crippen molar-refractivity contribution in [1.29, 1.82) is 0 Å². The Morgan fingerprint density at radius 2 is 1.54 bits per heavy atom. The smallest absolute Gasteiger partial charge is 0.317 e. The van der Waals surface area contributed by atoms with Crippen LogP contribution in [0.3, 0.4) is 0 Å². The average Bonchev–Trinajstić information content (AvgIpc) is 2.56. The van der Waals surface area contributed by atoms with E-state index >= 15 is 0 Å². The Morgan fingerprint density at radius 1 is 0.962 bits per heavy atom. The maximum atomic E-state index is 12.5. The zero-order valence-corrected chi connectivity index (χ0v) is 16.2. The number of nitrogens with zero attached hydrogens (tertiary/aromatic N) is 2. The number of benzene rings is 1. The molecule has 0 saturated heterocycles. The molecule has 3 rings (SSSR count). The summed E-state index contributed by atoms with van der Waals surface area (Å²) in [6.45, 7) is 5.77. The number of hydrogen-bond acceptors (Lipinski definition) is 5. The van der Waals surface area contributed by atoms with Crippen molar-refractivity contribution in [1.82, 2.24) is 14.7 Å². The highest BCUT2D eigenvalue weighted by Crippen LogP contribution is 2.24. The Balaban J connectivity index is 1.55. The predicted octanol–water partition coefficient (Wildman–Crippen LogP) is 3.07. The van der Waals surface area contributed by atoms with Gasteiger partial charge in [0.15, 0.2) is 0 Å². The summed E-state index contributed by atoms with van der Waals surface area (Å²) < 4.78 is 33.7. The number of sulfonamides is 1. The average molecular weight is 375 g/mol. The van der Waals surface area contributed by atoms with Crippen LogP contribution in [0.15, 0.2) is 35.2 Å². The molecule has 6 nitrogen and oxygen atoms in total. The van der Waals surface area contributed by atoms with Crippen LogP contribution in [0, 0.1) is 20.8 Å². The first kappa shape index (κ1) is 18.8. The molecular formula is C19H25N3O3S. The van der Waals surface area contributed by atoms with Crippen LogP contribution in [-0.4, -0.2) is 30.5 Å². The first-order valence-electron chi connectivity index (χ1n) is 8.90. The summed E-state index contributed by atoms with van der Waals surface area (Å²) >= 11 is 0. The molecule has 0 aliphatic heterocycles. The van der Waals surface area contributed by atoms with E-state index in [1.54, 1.807) is 12.1 Å². The third-order valence-electron chi connectivity index (χ3n) is 4.56. The number of rotatable bonds is 5. The minimum atomic E-state index is -3.48. The molecular weight excluding hydrogens is 350 g/mol. The van der Waals surface area contributed by atoms with E-state index in [9.17, 15) is 8.42 Å². The molecule has 0 bridgehead atoms. The number of ether oxygens (including phenoxy) is 1. The Bertz CT molecular complexity index is 838. The van der Waals surface area contributed by atoms with Gasteiger partial charge in [0, 0.05) is 17.4 Å². The van der Waals surface area contributed by atoms with Crippen LogP contribution in [0.5, 0.6) is 6.01 Å². The summed E-state index contributed by atoms with van der Waals surface area (Å²) in [4.78, 5) is 8.93. The topological polar surface area (TPSA) is 81.2 Å². The normalized spacial score (nSPS) is 20.7. The van der Waals surface area contributed by atoms with Gasteiger partial charge in [0.2, 0.25) is 10.0 Å². The van der Waals surface area contributed by atoms with Gasteiger partial charge in [-0.05, 0) is 64.7 Å². The number of aryl methyl sites for hydroxylation is 3. The highest BCUT2D eigenvalue weighted by atomic mass is 32.2. The minimum Gasteiger partial charge on any atom is -0.460 e. The molecule has 1 N–H and O–H groups in total. The van der Waals surface area contributed by atoms with Gasteiger partial charge in [-0.15, -0.1) is 0 Å². The van der Waals surface area contributed by atoms with Gasteiger partial charge in [-0.1, -0.05) is 17.7 Å². The fourth-order valence-electron chi connectivity index (χ4n) is 3.20. The molecule has 1 aliphatic rings. The molecule has 140 valence electrons. The Morgan fingerprint density at radius 3 is 2.12 bits per heavy atom. The maximum absolute atomic E-state index is 12.5. The predicted molar refractivity (Wildman–Crippen MR) is 99.7 cm³/mol. The van der Waals surface area contributed by atoms with E-state index in [4.69, 9.17) is 4.74 Å². The molecule has 26 heavy (non-hydrogen) atoms. The fraction of sp³-hybridized carbons (Fsp3) is 0.474. The second kappa shape index (κ2) is 7.72. The quantitative estimate of drug-likeness (QED) is 0.869. The first-order valence-corrected chi connectivity index (χ1v) is 10.4.